The van der Waals surface area contributed by atoms with Gasteiger partial charge in [0.05, 0.1) is 24.2 Å². The molecule has 31 heavy (non-hydrogen) atoms. The minimum atomic E-state index is -0.0364. The average Bonchev–Trinajstić information content (AvgIpc) is 3.16. The highest BCUT2D eigenvalue weighted by molar-refractivity contribution is 6.07. The van der Waals surface area contributed by atoms with E-state index < -0.39 is 0 Å². The number of benzene rings is 1. The number of aromatic nitrogens is 3. The SMILES string of the molecule is CCc1nc2c(N)nc3cc(OCC(=O)N4CCOCC4)ccc3c2n1CCC(C)C. The first-order valence-corrected chi connectivity index (χ1v) is 11.0. The molecule has 0 radical (unpaired) electrons. The summed E-state index contributed by atoms with van der Waals surface area (Å²) in [5.74, 6) is 2.60. The third kappa shape index (κ3) is 4.44. The van der Waals surface area contributed by atoms with Crippen molar-refractivity contribution >= 4 is 33.7 Å². The van der Waals surface area contributed by atoms with Crippen LogP contribution in [-0.2, 0) is 22.5 Å². The summed E-state index contributed by atoms with van der Waals surface area (Å²) in [7, 11) is 0. The van der Waals surface area contributed by atoms with Gasteiger partial charge in [0.25, 0.3) is 5.91 Å². The first kappa shape index (κ1) is 21.4. The maximum atomic E-state index is 12.4. The Kier molecular flexibility index (Phi) is 6.27. The Morgan fingerprint density at radius 2 is 2.03 bits per heavy atom. The molecule has 3 heterocycles. The van der Waals surface area contributed by atoms with E-state index in [9.17, 15) is 4.79 Å². The van der Waals surface area contributed by atoms with Crippen molar-refractivity contribution in [3.05, 3.63) is 24.0 Å². The number of nitrogen functional groups attached to an aromatic ring is 1. The smallest absolute Gasteiger partial charge is 0.260 e. The monoisotopic (exact) mass is 425 g/mol. The Labute approximate surface area is 182 Å². The fraction of sp³-hybridized carbons (Fsp3) is 0.522. The second-order valence-electron chi connectivity index (χ2n) is 8.37. The zero-order valence-corrected chi connectivity index (χ0v) is 18.6. The molecule has 0 unspecified atom stereocenters. The number of aryl methyl sites for hydroxylation is 2. The number of nitrogens with zero attached hydrogens (tertiary/aromatic N) is 4. The predicted molar refractivity (Wildman–Crippen MR) is 121 cm³/mol. The van der Waals surface area contributed by atoms with Gasteiger partial charge >= 0.3 is 0 Å². The summed E-state index contributed by atoms with van der Waals surface area (Å²) in [6.07, 6.45) is 1.89. The maximum absolute atomic E-state index is 12.4. The van der Waals surface area contributed by atoms with Crippen LogP contribution >= 0.6 is 0 Å². The van der Waals surface area contributed by atoms with Gasteiger partial charge < -0.3 is 24.7 Å². The predicted octanol–water partition coefficient (Wildman–Crippen LogP) is 3.01. The molecule has 1 aliphatic rings. The number of hydrogen-bond donors (Lipinski definition) is 1. The van der Waals surface area contributed by atoms with Crippen molar-refractivity contribution in [1.82, 2.24) is 19.4 Å². The molecule has 0 bridgehead atoms. The van der Waals surface area contributed by atoms with Gasteiger partial charge in [0, 0.05) is 37.5 Å². The van der Waals surface area contributed by atoms with Gasteiger partial charge in [0.1, 0.15) is 17.1 Å². The van der Waals surface area contributed by atoms with Crippen LogP contribution in [0.15, 0.2) is 18.2 Å². The van der Waals surface area contributed by atoms with Crippen molar-refractivity contribution in [2.24, 2.45) is 5.92 Å². The molecule has 0 saturated carbocycles. The van der Waals surface area contributed by atoms with Crippen molar-refractivity contribution in [2.45, 2.75) is 40.2 Å². The summed E-state index contributed by atoms with van der Waals surface area (Å²) in [6.45, 7) is 9.80. The summed E-state index contributed by atoms with van der Waals surface area (Å²) >= 11 is 0. The van der Waals surface area contributed by atoms with Gasteiger partial charge in [-0.3, -0.25) is 4.79 Å². The number of pyridine rings is 1. The van der Waals surface area contributed by atoms with Gasteiger partial charge in [-0.25, -0.2) is 9.97 Å². The van der Waals surface area contributed by atoms with E-state index in [4.69, 9.17) is 20.2 Å². The van der Waals surface area contributed by atoms with Crippen molar-refractivity contribution in [2.75, 3.05) is 38.6 Å². The lowest BCUT2D eigenvalue weighted by molar-refractivity contribution is -0.137. The minimum Gasteiger partial charge on any atom is -0.484 e. The van der Waals surface area contributed by atoms with Crippen LogP contribution in [0.4, 0.5) is 5.82 Å². The van der Waals surface area contributed by atoms with Gasteiger partial charge in [-0.2, -0.15) is 0 Å². The molecule has 1 amide bonds. The van der Waals surface area contributed by atoms with E-state index in [0.717, 1.165) is 47.1 Å². The highest BCUT2D eigenvalue weighted by Gasteiger charge is 2.19. The fourth-order valence-electron chi connectivity index (χ4n) is 3.97. The zero-order chi connectivity index (χ0) is 22.0. The molecule has 0 spiro atoms. The van der Waals surface area contributed by atoms with E-state index >= 15 is 0 Å². The fourth-order valence-corrected chi connectivity index (χ4v) is 3.97. The summed E-state index contributed by atoms with van der Waals surface area (Å²) in [6, 6.07) is 5.73. The van der Waals surface area contributed by atoms with Gasteiger partial charge in [-0.1, -0.05) is 20.8 Å². The molecule has 0 atom stereocenters. The molecule has 1 aliphatic heterocycles. The number of morpholine rings is 1. The number of carbonyl (C=O) groups is 1. The van der Waals surface area contributed by atoms with Crippen LogP contribution in [0.5, 0.6) is 5.75 Å². The second-order valence-corrected chi connectivity index (χ2v) is 8.37. The van der Waals surface area contributed by atoms with E-state index in [1.807, 2.05) is 18.2 Å². The second kappa shape index (κ2) is 9.09. The summed E-state index contributed by atoms with van der Waals surface area (Å²) < 4.78 is 13.4. The molecule has 4 rings (SSSR count). The highest BCUT2D eigenvalue weighted by Crippen LogP contribution is 2.31. The number of ether oxygens (including phenoxy) is 2. The number of nitrogens with two attached hydrogens (primary N) is 1. The van der Waals surface area contributed by atoms with Gasteiger partial charge in [0.15, 0.2) is 12.4 Å². The Balaban J connectivity index is 1.64. The zero-order valence-electron chi connectivity index (χ0n) is 18.6. The first-order valence-electron chi connectivity index (χ1n) is 11.0. The lowest BCUT2D eigenvalue weighted by atomic mass is 10.1. The number of hydrogen-bond acceptors (Lipinski definition) is 6. The first-order chi connectivity index (χ1) is 15.0. The molecule has 2 aromatic heterocycles. The lowest BCUT2D eigenvalue weighted by Crippen LogP contribution is -2.42. The molecule has 8 nitrogen and oxygen atoms in total. The Morgan fingerprint density at radius 1 is 1.26 bits per heavy atom. The molecule has 1 saturated heterocycles. The largest absolute Gasteiger partial charge is 0.484 e. The summed E-state index contributed by atoms with van der Waals surface area (Å²) in [5.41, 5.74) is 8.81. The van der Waals surface area contributed by atoms with Crippen LogP contribution in [0.25, 0.3) is 21.9 Å². The van der Waals surface area contributed by atoms with E-state index in [1.165, 1.54) is 0 Å². The van der Waals surface area contributed by atoms with Crippen LogP contribution < -0.4 is 10.5 Å². The van der Waals surface area contributed by atoms with Crippen molar-refractivity contribution in [3.63, 3.8) is 0 Å². The molecule has 166 valence electrons. The quantitative estimate of drug-likeness (QED) is 0.625. The van der Waals surface area contributed by atoms with Crippen LogP contribution in [0.2, 0.25) is 0 Å². The van der Waals surface area contributed by atoms with Crippen LogP contribution in [-0.4, -0.2) is 58.3 Å². The van der Waals surface area contributed by atoms with Crippen molar-refractivity contribution in [3.8, 4) is 5.75 Å². The number of imidazole rings is 1. The molecule has 1 aromatic carbocycles. The number of anilines is 1. The standard InChI is InChI=1S/C23H31N5O3/c1-4-19-26-21-22(28(19)8-7-15(2)3)17-6-5-16(13-18(17)25-23(21)24)31-14-20(29)27-9-11-30-12-10-27/h5-6,13,15H,4,7-12,14H2,1-3H3,(H2,24,25). The average molecular weight is 426 g/mol. The van der Waals surface area contributed by atoms with Crippen LogP contribution in [0.3, 0.4) is 0 Å². The topological polar surface area (TPSA) is 95.5 Å². The lowest BCUT2D eigenvalue weighted by Gasteiger charge is -2.26. The summed E-state index contributed by atoms with van der Waals surface area (Å²) in [5, 5.41) is 0.993. The van der Waals surface area contributed by atoms with Crippen molar-refractivity contribution < 1.29 is 14.3 Å². The van der Waals surface area contributed by atoms with Gasteiger partial charge in [0.2, 0.25) is 0 Å². The van der Waals surface area contributed by atoms with Gasteiger partial charge in [-0.15, -0.1) is 0 Å². The number of amides is 1. The van der Waals surface area contributed by atoms with E-state index in [1.54, 1.807) is 4.90 Å². The van der Waals surface area contributed by atoms with Crippen LogP contribution in [0, 0.1) is 5.92 Å². The van der Waals surface area contributed by atoms with Gasteiger partial charge in [-0.05, 0) is 24.5 Å². The Bertz CT molecular complexity index is 1090. The van der Waals surface area contributed by atoms with E-state index in [2.05, 4.69) is 30.3 Å². The summed E-state index contributed by atoms with van der Waals surface area (Å²) in [4.78, 5) is 23.5. The molecule has 0 aliphatic carbocycles. The number of fused-ring (bicyclic) bond motifs is 3. The number of carbonyl (C=O) groups excluding carboxylic acids is 1. The maximum Gasteiger partial charge on any atom is 0.260 e. The normalized spacial score (nSPS) is 14.6. The molecule has 1 fully saturated rings. The molecule has 2 N–H and O–H groups in total. The molecule has 3 aromatic rings. The number of rotatable bonds is 7. The third-order valence-corrected chi connectivity index (χ3v) is 5.73. The third-order valence-electron chi connectivity index (χ3n) is 5.73. The molecule has 8 heteroatoms. The minimum absolute atomic E-state index is 0.00443. The Morgan fingerprint density at radius 3 is 2.74 bits per heavy atom. The molecular weight excluding hydrogens is 394 g/mol. The van der Waals surface area contributed by atoms with E-state index in [0.29, 0.717) is 43.8 Å². The van der Waals surface area contributed by atoms with E-state index in [-0.39, 0.29) is 12.5 Å². The Hall–Kier alpha value is -2.87. The van der Waals surface area contributed by atoms with Crippen LogP contribution in [0.1, 0.15) is 33.0 Å². The van der Waals surface area contributed by atoms with Crippen molar-refractivity contribution in [1.29, 1.82) is 0 Å². The highest BCUT2D eigenvalue weighted by atomic mass is 16.5. The molecular formula is C23H31N5O3.